The second-order valence-corrected chi connectivity index (χ2v) is 5.23. The second kappa shape index (κ2) is 13.4. The van der Waals surface area contributed by atoms with E-state index in [0.29, 0.717) is 48.5 Å². The summed E-state index contributed by atoms with van der Waals surface area (Å²) in [7, 11) is 3.14. The largest absolute Gasteiger partial charge is 0.478 e. The molecular weight excluding hydrogens is 368 g/mol. The van der Waals surface area contributed by atoms with Gasteiger partial charge >= 0.3 is 5.97 Å². The molecule has 9 heteroatoms. The molecule has 0 heterocycles. The molecule has 0 atom stereocenters. The van der Waals surface area contributed by atoms with Crippen molar-refractivity contribution in [3.8, 4) is 11.5 Å². The van der Waals surface area contributed by atoms with Crippen LogP contribution in [0.5, 0.6) is 11.5 Å². The van der Waals surface area contributed by atoms with Crippen LogP contribution in [0, 0.1) is 0 Å². The SMILES string of the molecule is COCCOCOc1cc(Cl)c(/C=C/C(=O)O)cc1OCOCCOC. The fraction of sp³-hybridized carbons (Fsp3) is 0.471. The lowest BCUT2D eigenvalue weighted by molar-refractivity contribution is -0.131. The average Bonchev–Trinajstić information content (AvgIpc) is 2.61. The molecule has 0 radical (unpaired) electrons. The van der Waals surface area contributed by atoms with E-state index in [4.69, 9.17) is 45.1 Å². The molecule has 26 heavy (non-hydrogen) atoms. The lowest BCUT2D eigenvalue weighted by atomic mass is 10.2. The summed E-state index contributed by atoms with van der Waals surface area (Å²) < 4.78 is 31.3. The van der Waals surface area contributed by atoms with Crippen molar-refractivity contribution in [3.63, 3.8) is 0 Å². The molecule has 1 aromatic carbocycles. The van der Waals surface area contributed by atoms with E-state index in [9.17, 15) is 4.79 Å². The molecule has 0 unspecified atom stereocenters. The normalized spacial score (nSPS) is 11.0. The van der Waals surface area contributed by atoms with Crippen LogP contribution in [-0.4, -0.2) is 65.3 Å². The zero-order chi connectivity index (χ0) is 19.2. The first-order chi connectivity index (χ1) is 12.6. The first-order valence-corrected chi connectivity index (χ1v) is 8.09. The van der Waals surface area contributed by atoms with E-state index in [1.54, 1.807) is 20.3 Å². The number of methoxy groups -OCH3 is 2. The van der Waals surface area contributed by atoms with E-state index in [1.807, 2.05) is 0 Å². The van der Waals surface area contributed by atoms with Crippen molar-refractivity contribution in [2.24, 2.45) is 0 Å². The molecule has 1 rings (SSSR count). The van der Waals surface area contributed by atoms with Gasteiger partial charge in [-0.2, -0.15) is 0 Å². The Morgan fingerprint density at radius 2 is 1.54 bits per heavy atom. The molecule has 0 fully saturated rings. The van der Waals surface area contributed by atoms with Gasteiger partial charge in [-0.3, -0.25) is 0 Å². The minimum absolute atomic E-state index is 0.0229. The molecule has 0 aliphatic carbocycles. The molecule has 0 spiro atoms. The highest BCUT2D eigenvalue weighted by molar-refractivity contribution is 6.32. The van der Waals surface area contributed by atoms with E-state index >= 15 is 0 Å². The Balaban J connectivity index is 2.79. The van der Waals surface area contributed by atoms with Gasteiger partial charge in [-0.05, 0) is 17.7 Å². The molecule has 146 valence electrons. The number of ether oxygens (including phenoxy) is 6. The van der Waals surface area contributed by atoms with Gasteiger partial charge in [-0.15, -0.1) is 0 Å². The first-order valence-electron chi connectivity index (χ1n) is 7.72. The average molecular weight is 391 g/mol. The Hall–Kier alpha value is -1.84. The van der Waals surface area contributed by atoms with Crippen LogP contribution in [0.15, 0.2) is 18.2 Å². The topological polar surface area (TPSA) is 92.7 Å². The number of rotatable bonds is 14. The quantitative estimate of drug-likeness (QED) is 0.294. The van der Waals surface area contributed by atoms with Crippen LogP contribution >= 0.6 is 11.6 Å². The lowest BCUT2D eigenvalue weighted by Crippen LogP contribution is -2.11. The van der Waals surface area contributed by atoms with Gasteiger partial charge < -0.3 is 33.5 Å². The molecule has 0 saturated heterocycles. The molecule has 8 nitrogen and oxygen atoms in total. The lowest BCUT2D eigenvalue weighted by Gasteiger charge is -2.15. The highest BCUT2D eigenvalue weighted by Gasteiger charge is 2.11. The predicted molar refractivity (Wildman–Crippen MR) is 94.8 cm³/mol. The summed E-state index contributed by atoms with van der Waals surface area (Å²) in [6.45, 7) is 1.57. The molecular formula is C17H23ClO8. The Labute approximate surface area is 157 Å². The van der Waals surface area contributed by atoms with Crippen molar-refractivity contribution in [1.29, 1.82) is 0 Å². The third-order valence-corrected chi connectivity index (χ3v) is 3.25. The number of hydrogen-bond acceptors (Lipinski definition) is 7. The Bertz CT molecular complexity index is 576. The smallest absolute Gasteiger partial charge is 0.328 e. The number of carboxylic acids is 1. The summed E-state index contributed by atoms with van der Waals surface area (Å²) >= 11 is 6.16. The number of hydrogen-bond donors (Lipinski definition) is 1. The number of halogens is 1. The van der Waals surface area contributed by atoms with Crippen molar-refractivity contribution in [3.05, 3.63) is 28.8 Å². The molecule has 0 bridgehead atoms. The minimum Gasteiger partial charge on any atom is -0.478 e. The molecule has 0 aromatic heterocycles. The summed E-state index contributed by atoms with van der Waals surface area (Å²) in [5, 5.41) is 9.06. The van der Waals surface area contributed by atoms with Crippen LogP contribution in [0.25, 0.3) is 6.08 Å². The minimum atomic E-state index is -1.08. The van der Waals surface area contributed by atoms with Crippen LogP contribution in [-0.2, 0) is 23.7 Å². The van der Waals surface area contributed by atoms with Crippen LogP contribution < -0.4 is 9.47 Å². The highest BCUT2D eigenvalue weighted by Crippen LogP contribution is 2.34. The number of benzene rings is 1. The Morgan fingerprint density at radius 1 is 1.00 bits per heavy atom. The van der Waals surface area contributed by atoms with Gasteiger partial charge in [0.25, 0.3) is 0 Å². The van der Waals surface area contributed by atoms with Gasteiger partial charge in [0.05, 0.1) is 31.5 Å². The molecule has 0 saturated carbocycles. The van der Waals surface area contributed by atoms with Crippen molar-refractivity contribution >= 4 is 23.6 Å². The van der Waals surface area contributed by atoms with Crippen LogP contribution in [0.2, 0.25) is 5.02 Å². The van der Waals surface area contributed by atoms with E-state index in [2.05, 4.69) is 0 Å². The third kappa shape index (κ3) is 9.02. The van der Waals surface area contributed by atoms with Crippen LogP contribution in [0.1, 0.15) is 5.56 Å². The maximum absolute atomic E-state index is 10.7. The first kappa shape index (κ1) is 22.2. The van der Waals surface area contributed by atoms with E-state index in [1.165, 1.54) is 12.1 Å². The van der Waals surface area contributed by atoms with Crippen molar-refractivity contribution in [2.75, 3.05) is 54.2 Å². The monoisotopic (exact) mass is 390 g/mol. The zero-order valence-corrected chi connectivity index (χ0v) is 15.5. The summed E-state index contributed by atoms with van der Waals surface area (Å²) in [6.07, 6.45) is 2.34. The zero-order valence-electron chi connectivity index (χ0n) is 14.7. The maximum atomic E-state index is 10.7. The number of carboxylic acid groups (broad SMARTS) is 1. The fourth-order valence-corrected chi connectivity index (χ4v) is 1.89. The molecule has 0 amide bonds. The summed E-state index contributed by atoms with van der Waals surface area (Å²) in [5.74, 6) is -0.402. The molecule has 0 aliphatic heterocycles. The van der Waals surface area contributed by atoms with Gasteiger partial charge in [-0.25, -0.2) is 4.79 Å². The van der Waals surface area contributed by atoms with E-state index in [-0.39, 0.29) is 13.6 Å². The van der Waals surface area contributed by atoms with Crippen LogP contribution in [0.3, 0.4) is 0 Å². The van der Waals surface area contributed by atoms with Gasteiger partial charge in [0, 0.05) is 26.4 Å². The van der Waals surface area contributed by atoms with Gasteiger partial charge in [-0.1, -0.05) is 11.6 Å². The Morgan fingerprint density at radius 3 is 2.04 bits per heavy atom. The predicted octanol–water partition coefficient (Wildman–Crippen LogP) is 2.44. The third-order valence-electron chi connectivity index (χ3n) is 2.93. The number of carbonyl (C=O) groups is 1. The van der Waals surface area contributed by atoms with Crippen molar-refractivity contribution in [2.45, 2.75) is 0 Å². The van der Waals surface area contributed by atoms with Crippen LogP contribution in [0.4, 0.5) is 0 Å². The van der Waals surface area contributed by atoms with E-state index in [0.717, 1.165) is 6.08 Å². The molecule has 1 aromatic rings. The standard InChI is InChI=1S/C17H23ClO8/c1-21-5-7-23-11-25-15-9-13(3-4-17(19)20)14(18)10-16(15)26-12-24-8-6-22-2/h3-4,9-10H,5-8,11-12H2,1-2H3,(H,19,20)/b4-3+. The summed E-state index contributed by atoms with van der Waals surface area (Å²) in [4.78, 5) is 10.7. The van der Waals surface area contributed by atoms with Crippen molar-refractivity contribution in [1.82, 2.24) is 0 Å². The van der Waals surface area contributed by atoms with Gasteiger partial charge in [0.1, 0.15) is 0 Å². The fourth-order valence-electron chi connectivity index (χ4n) is 1.68. The van der Waals surface area contributed by atoms with E-state index < -0.39 is 5.97 Å². The van der Waals surface area contributed by atoms with Gasteiger partial charge in [0.2, 0.25) is 0 Å². The van der Waals surface area contributed by atoms with Crippen molar-refractivity contribution < 1.29 is 38.3 Å². The second-order valence-electron chi connectivity index (χ2n) is 4.82. The Kier molecular flexibility index (Phi) is 11.4. The summed E-state index contributed by atoms with van der Waals surface area (Å²) in [5.41, 5.74) is 0.466. The molecule has 0 aliphatic rings. The number of aliphatic carboxylic acids is 1. The maximum Gasteiger partial charge on any atom is 0.328 e. The summed E-state index contributed by atoms with van der Waals surface area (Å²) in [6, 6.07) is 3.08. The van der Waals surface area contributed by atoms with Gasteiger partial charge in [0.15, 0.2) is 25.1 Å². The highest BCUT2D eigenvalue weighted by atomic mass is 35.5. The molecule has 1 N–H and O–H groups in total.